The normalized spacial score (nSPS) is 20.6. The molecule has 1 saturated carbocycles. The first-order chi connectivity index (χ1) is 9.50. The van der Waals surface area contributed by atoms with E-state index in [1.54, 1.807) is 11.9 Å². The number of hydrogen-bond donors (Lipinski definition) is 1. The average molecular weight is 281 g/mol. The Hall–Kier alpha value is -1.59. The summed E-state index contributed by atoms with van der Waals surface area (Å²) in [6.07, 6.45) is 5.20. The van der Waals surface area contributed by atoms with E-state index in [-0.39, 0.29) is 18.4 Å². The second-order valence-corrected chi connectivity index (χ2v) is 5.78. The van der Waals surface area contributed by atoms with E-state index in [1.165, 1.54) is 0 Å². The quantitative estimate of drug-likeness (QED) is 0.767. The molecule has 0 aromatic rings. The van der Waals surface area contributed by atoms with Crippen molar-refractivity contribution in [3.63, 3.8) is 0 Å². The lowest BCUT2D eigenvalue weighted by molar-refractivity contribution is -0.138. The van der Waals surface area contributed by atoms with Crippen LogP contribution < -0.4 is 5.32 Å². The van der Waals surface area contributed by atoms with Crippen molar-refractivity contribution in [1.82, 2.24) is 15.1 Å². The summed E-state index contributed by atoms with van der Waals surface area (Å²) in [7, 11) is 1.71. The number of urea groups is 1. The smallest absolute Gasteiger partial charge is 0.325 e. The number of carbonyl (C=O) groups is 3. The fraction of sp³-hybridized carbons (Fsp3) is 0.786. The van der Waals surface area contributed by atoms with E-state index in [9.17, 15) is 14.4 Å². The number of nitrogens with zero attached hydrogens (tertiary/aromatic N) is 2. The number of carbonyl (C=O) groups excluding carboxylic acids is 3. The Morgan fingerprint density at radius 2 is 2.00 bits per heavy atom. The summed E-state index contributed by atoms with van der Waals surface area (Å²) in [6, 6.07) is -0.422. The van der Waals surface area contributed by atoms with Gasteiger partial charge in [-0.2, -0.15) is 0 Å². The molecule has 1 spiro atoms. The van der Waals surface area contributed by atoms with Crippen LogP contribution in [0.2, 0.25) is 0 Å². The second-order valence-electron chi connectivity index (χ2n) is 5.78. The molecule has 0 aromatic heterocycles. The van der Waals surface area contributed by atoms with Crippen LogP contribution in [-0.2, 0) is 9.59 Å². The SMILES string of the molecule is CCCCN(C)C(=O)CN1C(=O)NC2(CCCC2)C1=O. The van der Waals surface area contributed by atoms with Gasteiger partial charge in [-0.05, 0) is 19.3 Å². The number of amides is 4. The fourth-order valence-electron chi connectivity index (χ4n) is 2.91. The van der Waals surface area contributed by atoms with Gasteiger partial charge in [-0.25, -0.2) is 4.79 Å². The molecule has 2 aliphatic rings. The van der Waals surface area contributed by atoms with Crippen molar-refractivity contribution in [2.24, 2.45) is 0 Å². The van der Waals surface area contributed by atoms with E-state index in [0.29, 0.717) is 19.4 Å². The van der Waals surface area contributed by atoms with Crippen LogP contribution in [0.5, 0.6) is 0 Å². The van der Waals surface area contributed by atoms with E-state index in [4.69, 9.17) is 0 Å². The maximum Gasteiger partial charge on any atom is 0.325 e. The number of likely N-dealkylation sites (N-methyl/N-ethyl adjacent to an activating group) is 1. The van der Waals surface area contributed by atoms with Crippen molar-refractivity contribution in [2.75, 3.05) is 20.1 Å². The van der Waals surface area contributed by atoms with Gasteiger partial charge in [-0.15, -0.1) is 0 Å². The Balaban J connectivity index is 1.97. The predicted octanol–water partition coefficient (Wildman–Crippen LogP) is 1.11. The van der Waals surface area contributed by atoms with Gasteiger partial charge in [0.15, 0.2) is 0 Å². The number of unbranched alkanes of at least 4 members (excludes halogenated alkanes) is 1. The molecule has 1 heterocycles. The lowest BCUT2D eigenvalue weighted by Gasteiger charge is -2.22. The minimum Gasteiger partial charge on any atom is -0.344 e. The minimum atomic E-state index is -0.723. The molecule has 1 aliphatic heterocycles. The predicted molar refractivity (Wildman–Crippen MR) is 74.0 cm³/mol. The highest BCUT2D eigenvalue weighted by Gasteiger charge is 2.52. The van der Waals surface area contributed by atoms with Gasteiger partial charge in [0.1, 0.15) is 12.1 Å². The van der Waals surface area contributed by atoms with E-state index >= 15 is 0 Å². The number of nitrogens with one attached hydrogen (secondary N) is 1. The van der Waals surface area contributed by atoms with Crippen LogP contribution in [0.25, 0.3) is 0 Å². The van der Waals surface area contributed by atoms with Crippen molar-refractivity contribution in [2.45, 2.75) is 51.0 Å². The molecule has 1 aliphatic carbocycles. The molecule has 2 rings (SSSR count). The van der Waals surface area contributed by atoms with Crippen molar-refractivity contribution >= 4 is 17.8 Å². The molecule has 0 unspecified atom stereocenters. The van der Waals surface area contributed by atoms with Gasteiger partial charge in [0.2, 0.25) is 5.91 Å². The Labute approximate surface area is 119 Å². The van der Waals surface area contributed by atoms with E-state index in [0.717, 1.165) is 30.6 Å². The van der Waals surface area contributed by atoms with Gasteiger partial charge >= 0.3 is 6.03 Å². The fourth-order valence-corrected chi connectivity index (χ4v) is 2.91. The van der Waals surface area contributed by atoms with Crippen LogP contribution in [0.4, 0.5) is 4.79 Å². The van der Waals surface area contributed by atoms with Crippen LogP contribution in [-0.4, -0.2) is 53.3 Å². The summed E-state index contributed by atoms with van der Waals surface area (Å²) >= 11 is 0. The largest absolute Gasteiger partial charge is 0.344 e. The van der Waals surface area contributed by atoms with Crippen LogP contribution in [0, 0.1) is 0 Å². The number of rotatable bonds is 5. The minimum absolute atomic E-state index is 0.146. The first-order valence-electron chi connectivity index (χ1n) is 7.38. The number of imide groups is 1. The molecule has 0 atom stereocenters. The first-order valence-corrected chi connectivity index (χ1v) is 7.38. The Morgan fingerprint density at radius 1 is 1.35 bits per heavy atom. The molecule has 1 saturated heterocycles. The summed E-state index contributed by atoms with van der Waals surface area (Å²) in [5.74, 6) is -0.408. The van der Waals surface area contributed by atoms with Crippen molar-refractivity contribution in [3.05, 3.63) is 0 Å². The number of hydrogen-bond acceptors (Lipinski definition) is 3. The molecular weight excluding hydrogens is 258 g/mol. The van der Waals surface area contributed by atoms with Crippen molar-refractivity contribution < 1.29 is 14.4 Å². The third-order valence-electron chi connectivity index (χ3n) is 4.27. The summed E-state index contributed by atoms with van der Waals surface area (Å²) < 4.78 is 0. The lowest BCUT2D eigenvalue weighted by atomic mass is 9.98. The van der Waals surface area contributed by atoms with Crippen LogP contribution in [0.1, 0.15) is 45.4 Å². The monoisotopic (exact) mass is 281 g/mol. The maximum absolute atomic E-state index is 12.4. The van der Waals surface area contributed by atoms with Crippen LogP contribution in [0.15, 0.2) is 0 Å². The molecule has 112 valence electrons. The summed E-state index contributed by atoms with van der Waals surface area (Å²) in [6.45, 7) is 2.57. The first kappa shape index (κ1) is 14.8. The summed E-state index contributed by atoms with van der Waals surface area (Å²) in [5.41, 5.74) is -0.723. The van der Waals surface area contributed by atoms with Gasteiger partial charge < -0.3 is 10.2 Å². The summed E-state index contributed by atoms with van der Waals surface area (Å²) in [5, 5.41) is 2.78. The van der Waals surface area contributed by atoms with Crippen LogP contribution in [0.3, 0.4) is 0 Å². The molecule has 1 N–H and O–H groups in total. The molecule has 6 nitrogen and oxygen atoms in total. The van der Waals surface area contributed by atoms with Gasteiger partial charge in [0, 0.05) is 13.6 Å². The van der Waals surface area contributed by atoms with Gasteiger partial charge in [-0.1, -0.05) is 26.2 Å². The lowest BCUT2D eigenvalue weighted by Crippen LogP contribution is -2.45. The zero-order valence-corrected chi connectivity index (χ0v) is 12.3. The Morgan fingerprint density at radius 3 is 2.60 bits per heavy atom. The van der Waals surface area contributed by atoms with E-state index in [2.05, 4.69) is 12.2 Å². The highest BCUT2D eigenvalue weighted by Crippen LogP contribution is 2.34. The van der Waals surface area contributed by atoms with Crippen LogP contribution >= 0.6 is 0 Å². The molecule has 4 amide bonds. The third kappa shape index (κ3) is 2.64. The second kappa shape index (κ2) is 5.81. The van der Waals surface area contributed by atoms with Gasteiger partial charge in [0.25, 0.3) is 5.91 Å². The van der Waals surface area contributed by atoms with Gasteiger partial charge in [-0.3, -0.25) is 14.5 Å². The molecule has 0 bridgehead atoms. The Bertz CT molecular complexity index is 416. The topological polar surface area (TPSA) is 69.7 Å². The maximum atomic E-state index is 12.4. The molecule has 20 heavy (non-hydrogen) atoms. The molecule has 0 aromatic carbocycles. The van der Waals surface area contributed by atoms with E-state index in [1.807, 2.05) is 0 Å². The van der Waals surface area contributed by atoms with Crippen molar-refractivity contribution in [1.29, 1.82) is 0 Å². The van der Waals surface area contributed by atoms with Gasteiger partial charge in [0.05, 0.1) is 0 Å². The molecule has 0 radical (unpaired) electrons. The summed E-state index contributed by atoms with van der Waals surface area (Å²) in [4.78, 5) is 39.0. The average Bonchev–Trinajstić information content (AvgIpc) is 2.97. The zero-order chi connectivity index (χ0) is 14.8. The molecule has 6 heteroatoms. The van der Waals surface area contributed by atoms with E-state index < -0.39 is 11.6 Å². The highest BCUT2D eigenvalue weighted by atomic mass is 16.2. The molecular formula is C14H23N3O3. The van der Waals surface area contributed by atoms with Crippen molar-refractivity contribution in [3.8, 4) is 0 Å². The highest BCUT2D eigenvalue weighted by molar-refractivity contribution is 6.09. The standard InChI is InChI=1S/C14H23N3O3/c1-3-4-9-16(2)11(18)10-17-12(19)14(15-13(17)20)7-5-6-8-14/h3-10H2,1-2H3,(H,15,20). The zero-order valence-electron chi connectivity index (χ0n) is 12.3. The Kier molecular flexibility index (Phi) is 4.30. The third-order valence-corrected chi connectivity index (χ3v) is 4.27. The molecule has 2 fully saturated rings.